The first kappa shape index (κ1) is 12.1. The Morgan fingerprint density at radius 1 is 1.35 bits per heavy atom. The van der Waals surface area contributed by atoms with Crippen LogP contribution < -0.4 is 5.73 Å². The summed E-state index contributed by atoms with van der Waals surface area (Å²) < 4.78 is 15.5. The highest BCUT2D eigenvalue weighted by Crippen LogP contribution is 2.32. The van der Waals surface area contributed by atoms with Crippen molar-refractivity contribution < 1.29 is 4.39 Å². The Hall–Kier alpha value is -1.39. The highest BCUT2D eigenvalue weighted by atomic mass is 79.9. The minimum absolute atomic E-state index is 0.209. The Labute approximate surface area is 113 Å². The van der Waals surface area contributed by atoms with Crippen LogP contribution in [-0.4, -0.2) is 9.78 Å². The summed E-state index contributed by atoms with van der Waals surface area (Å²) in [5.41, 5.74) is 6.58. The molecule has 1 aromatic carbocycles. The van der Waals surface area contributed by atoms with Gasteiger partial charge in [-0.2, -0.15) is 10.4 Å². The maximum absolute atomic E-state index is 13.1. The average molecular weight is 360 g/mol. The van der Waals surface area contributed by atoms with Crippen LogP contribution in [0.4, 0.5) is 10.2 Å². The summed E-state index contributed by atoms with van der Waals surface area (Å²) in [6.45, 7) is 0. The Balaban J connectivity index is 2.69. The standard InChI is InChI=1S/C10H5Br2FN4/c11-7-1-6(13)2-8(12)9(7)17-10(15)5(3-14)4-16-17/h1-2,4H,15H2. The molecule has 0 saturated carbocycles. The highest BCUT2D eigenvalue weighted by Gasteiger charge is 2.15. The van der Waals surface area contributed by atoms with Gasteiger partial charge in [-0.15, -0.1) is 0 Å². The van der Waals surface area contributed by atoms with Crippen LogP contribution in [-0.2, 0) is 0 Å². The predicted molar refractivity (Wildman–Crippen MR) is 68.0 cm³/mol. The molecule has 0 unspecified atom stereocenters. The smallest absolute Gasteiger partial charge is 0.145 e. The van der Waals surface area contributed by atoms with Gasteiger partial charge in [0.15, 0.2) is 0 Å². The number of nitrogens with two attached hydrogens (primary N) is 1. The number of aromatic nitrogens is 2. The molecule has 17 heavy (non-hydrogen) atoms. The fraction of sp³-hybridized carbons (Fsp3) is 0. The van der Waals surface area contributed by atoms with Crippen LogP contribution in [0.1, 0.15) is 5.56 Å². The zero-order chi connectivity index (χ0) is 12.6. The fourth-order valence-corrected chi connectivity index (χ4v) is 2.83. The molecule has 0 aliphatic carbocycles. The Bertz CT molecular complexity index is 607. The number of hydrogen-bond acceptors (Lipinski definition) is 3. The molecule has 86 valence electrons. The lowest BCUT2D eigenvalue weighted by molar-refractivity contribution is 0.625. The van der Waals surface area contributed by atoms with E-state index in [1.807, 2.05) is 6.07 Å². The second-order valence-electron chi connectivity index (χ2n) is 3.19. The molecule has 2 rings (SSSR count). The van der Waals surface area contributed by atoms with Crippen molar-refractivity contribution in [3.8, 4) is 11.8 Å². The van der Waals surface area contributed by atoms with Gasteiger partial charge in [-0.25, -0.2) is 9.07 Å². The summed E-state index contributed by atoms with van der Waals surface area (Å²) in [6.07, 6.45) is 1.36. The normalized spacial score (nSPS) is 10.2. The number of rotatable bonds is 1. The van der Waals surface area contributed by atoms with Gasteiger partial charge in [-0.1, -0.05) is 0 Å². The summed E-state index contributed by atoms with van der Waals surface area (Å²) in [7, 11) is 0. The monoisotopic (exact) mass is 358 g/mol. The van der Waals surface area contributed by atoms with Gasteiger partial charge >= 0.3 is 0 Å². The molecule has 0 atom stereocenters. The topological polar surface area (TPSA) is 67.6 Å². The van der Waals surface area contributed by atoms with Gasteiger partial charge < -0.3 is 5.73 Å². The van der Waals surface area contributed by atoms with Gasteiger partial charge in [0.2, 0.25) is 0 Å². The Morgan fingerprint density at radius 3 is 2.41 bits per heavy atom. The van der Waals surface area contributed by atoms with Gasteiger partial charge in [0.1, 0.15) is 23.3 Å². The van der Waals surface area contributed by atoms with E-state index in [4.69, 9.17) is 11.0 Å². The van der Waals surface area contributed by atoms with E-state index in [-0.39, 0.29) is 11.4 Å². The third-order valence-corrected chi connectivity index (χ3v) is 3.33. The number of nitriles is 1. The molecule has 2 aromatic rings. The van der Waals surface area contributed by atoms with Crippen molar-refractivity contribution in [3.63, 3.8) is 0 Å². The number of benzene rings is 1. The van der Waals surface area contributed by atoms with E-state index in [0.29, 0.717) is 14.6 Å². The summed E-state index contributed by atoms with van der Waals surface area (Å²) in [6, 6.07) is 4.52. The number of nitrogen functional groups attached to an aromatic ring is 1. The van der Waals surface area contributed by atoms with Crippen LogP contribution in [0.3, 0.4) is 0 Å². The number of nitrogens with zero attached hydrogens (tertiary/aromatic N) is 3. The maximum atomic E-state index is 13.1. The van der Waals surface area contributed by atoms with E-state index >= 15 is 0 Å². The molecule has 0 aliphatic rings. The first-order valence-corrected chi connectivity index (χ1v) is 6.01. The minimum Gasteiger partial charge on any atom is -0.382 e. The van der Waals surface area contributed by atoms with Gasteiger partial charge in [-0.05, 0) is 44.0 Å². The summed E-state index contributed by atoms with van der Waals surface area (Å²) in [5.74, 6) is -0.181. The molecule has 0 saturated heterocycles. The molecule has 2 N–H and O–H groups in total. The quantitative estimate of drug-likeness (QED) is 0.851. The van der Waals surface area contributed by atoms with Crippen molar-refractivity contribution in [2.75, 3.05) is 5.73 Å². The molecule has 7 heteroatoms. The first-order chi connectivity index (χ1) is 8.04. The molecule has 0 fully saturated rings. The van der Waals surface area contributed by atoms with Crippen molar-refractivity contribution >= 4 is 37.7 Å². The van der Waals surface area contributed by atoms with Crippen LogP contribution in [0.5, 0.6) is 0 Å². The highest BCUT2D eigenvalue weighted by molar-refractivity contribution is 9.11. The van der Waals surface area contributed by atoms with E-state index < -0.39 is 5.82 Å². The van der Waals surface area contributed by atoms with Crippen LogP contribution in [0.2, 0.25) is 0 Å². The van der Waals surface area contributed by atoms with Crippen LogP contribution in [0, 0.1) is 17.1 Å². The van der Waals surface area contributed by atoms with Crippen LogP contribution in [0.15, 0.2) is 27.3 Å². The zero-order valence-corrected chi connectivity index (χ0v) is 11.5. The summed E-state index contributed by atoms with van der Waals surface area (Å²) in [5, 5.41) is 12.8. The molecular formula is C10H5Br2FN4. The largest absolute Gasteiger partial charge is 0.382 e. The molecular weight excluding hydrogens is 355 g/mol. The Morgan fingerprint density at radius 2 is 1.94 bits per heavy atom. The average Bonchev–Trinajstić information content (AvgIpc) is 2.59. The number of hydrogen-bond donors (Lipinski definition) is 1. The minimum atomic E-state index is -0.390. The molecule has 0 bridgehead atoms. The summed E-state index contributed by atoms with van der Waals surface area (Å²) in [4.78, 5) is 0. The molecule has 4 nitrogen and oxygen atoms in total. The lowest BCUT2D eigenvalue weighted by atomic mass is 10.3. The third kappa shape index (κ3) is 2.06. The van der Waals surface area contributed by atoms with Crippen molar-refractivity contribution in [1.82, 2.24) is 9.78 Å². The van der Waals surface area contributed by atoms with E-state index in [2.05, 4.69) is 37.0 Å². The molecule has 0 radical (unpaired) electrons. The van der Waals surface area contributed by atoms with Crippen LogP contribution in [0.25, 0.3) is 5.69 Å². The summed E-state index contributed by atoms with van der Waals surface area (Å²) >= 11 is 6.46. The number of halogens is 3. The molecule has 0 amide bonds. The first-order valence-electron chi connectivity index (χ1n) is 4.43. The zero-order valence-electron chi connectivity index (χ0n) is 8.28. The number of anilines is 1. The third-order valence-electron chi connectivity index (χ3n) is 2.12. The van der Waals surface area contributed by atoms with Crippen molar-refractivity contribution in [1.29, 1.82) is 5.26 Å². The van der Waals surface area contributed by atoms with Crippen molar-refractivity contribution in [2.24, 2.45) is 0 Å². The SMILES string of the molecule is N#Cc1cnn(-c2c(Br)cc(F)cc2Br)c1N. The lowest BCUT2D eigenvalue weighted by Gasteiger charge is -2.09. The van der Waals surface area contributed by atoms with Gasteiger partial charge in [0, 0.05) is 8.95 Å². The second kappa shape index (κ2) is 4.47. The Kier molecular flexibility index (Phi) is 3.17. The van der Waals surface area contributed by atoms with E-state index in [9.17, 15) is 4.39 Å². The molecule has 0 spiro atoms. The molecule has 0 aliphatic heterocycles. The fourth-order valence-electron chi connectivity index (χ4n) is 1.36. The second-order valence-corrected chi connectivity index (χ2v) is 4.89. The van der Waals surface area contributed by atoms with E-state index in [1.165, 1.54) is 23.0 Å². The molecule has 1 heterocycles. The lowest BCUT2D eigenvalue weighted by Crippen LogP contribution is -2.04. The van der Waals surface area contributed by atoms with Crippen molar-refractivity contribution in [3.05, 3.63) is 38.7 Å². The van der Waals surface area contributed by atoms with E-state index in [1.54, 1.807) is 0 Å². The van der Waals surface area contributed by atoms with Crippen LogP contribution >= 0.6 is 31.9 Å². The van der Waals surface area contributed by atoms with Gasteiger partial charge in [0.25, 0.3) is 0 Å². The van der Waals surface area contributed by atoms with Crippen molar-refractivity contribution in [2.45, 2.75) is 0 Å². The van der Waals surface area contributed by atoms with Gasteiger partial charge in [-0.3, -0.25) is 0 Å². The van der Waals surface area contributed by atoms with Gasteiger partial charge in [0.05, 0.1) is 11.9 Å². The maximum Gasteiger partial charge on any atom is 0.145 e. The molecule has 1 aromatic heterocycles. The predicted octanol–water partition coefficient (Wildman–Crippen LogP) is 2.99. The van der Waals surface area contributed by atoms with E-state index in [0.717, 1.165) is 0 Å².